The Labute approximate surface area is 61.8 Å². The molecule has 0 aromatic heterocycles. The molecule has 0 saturated heterocycles. The predicted octanol–water partition coefficient (Wildman–Crippen LogP) is -3.32. The molecule has 0 spiro atoms. The zero-order valence-electron chi connectivity index (χ0n) is 4.06. The third-order valence-corrected chi connectivity index (χ3v) is 0. The fourth-order valence-electron chi connectivity index (χ4n) is 0. The van der Waals surface area contributed by atoms with Gasteiger partial charge in [-0.25, -0.2) is 0 Å². The third-order valence-electron chi connectivity index (χ3n) is 0. The van der Waals surface area contributed by atoms with Crippen LogP contribution >= 0.6 is 0 Å². The quantitative estimate of drug-likeness (QED) is 0.321. The predicted molar refractivity (Wildman–Crippen MR) is 16.3 cm³/mol. The molecule has 23 valence electrons. The van der Waals surface area contributed by atoms with Gasteiger partial charge in [0.25, 0.3) is 0 Å². The normalized spacial score (nSPS) is 4.80. The molecule has 0 aromatic rings. The third kappa shape index (κ3) is 44.9. The standard InChI is InChI=1S/CHO2.Al.Na.2H/c2-1-3;;;;/h(H,2,3);;;;/q;;+1;;-1. The van der Waals surface area contributed by atoms with Gasteiger partial charge < -0.3 is 6.53 Å². The Morgan fingerprint density at radius 1 is 2.00 bits per heavy atom. The SMILES string of the molecule is O=[C](O)[AlH].[H-].[Na+]. The molecule has 0 atom stereocenters. The van der Waals surface area contributed by atoms with Crippen LogP contribution in [0.1, 0.15) is 1.43 Å². The first-order chi connectivity index (χ1) is 1.73. The van der Waals surface area contributed by atoms with Gasteiger partial charge in [0.2, 0.25) is 0 Å². The Kier molecular flexibility index (Phi) is 9.38. The summed E-state index contributed by atoms with van der Waals surface area (Å²) in [5, 5.41) is 7.43. The molecule has 0 unspecified atom stereocenters. The monoisotopic (exact) mass is 97.0 g/mol. The number of carboxylic acid groups (broad SMARTS) is 1. The summed E-state index contributed by atoms with van der Waals surface area (Å²) >= 11 is 0.920. The maximum Gasteiger partial charge on any atom is 1.00 e. The van der Waals surface area contributed by atoms with E-state index >= 15 is 0 Å². The van der Waals surface area contributed by atoms with Crippen LogP contribution in [0.2, 0.25) is 0 Å². The second-order valence-corrected chi connectivity index (χ2v) is 0.999. The van der Waals surface area contributed by atoms with E-state index in [1.54, 1.807) is 0 Å². The summed E-state index contributed by atoms with van der Waals surface area (Å²) in [4.78, 5) is 8.21. The molecule has 1 N–H and O–H groups in total. The molecular weight excluding hydrogens is 94.0 g/mol. The van der Waals surface area contributed by atoms with E-state index in [0.29, 0.717) is 0 Å². The molecule has 0 amide bonds. The summed E-state index contributed by atoms with van der Waals surface area (Å²) in [7, 11) is 0. The molecule has 5 heavy (non-hydrogen) atoms. The second kappa shape index (κ2) is 5.00. The molecule has 0 heterocycles. The average molecular weight is 97.0 g/mol. The first kappa shape index (κ1) is 9.38. The minimum Gasteiger partial charge on any atom is -1.00 e. The van der Waals surface area contributed by atoms with Gasteiger partial charge in [-0.3, -0.25) is 4.79 Å². The zero-order chi connectivity index (χ0) is 3.58. The summed E-state index contributed by atoms with van der Waals surface area (Å²) in [6.07, 6.45) is 0. The molecule has 0 aliphatic rings. The van der Waals surface area contributed by atoms with E-state index in [2.05, 4.69) is 0 Å². The number of carbonyl (C=O) groups is 1. The Morgan fingerprint density at radius 2 is 2.00 bits per heavy atom. The van der Waals surface area contributed by atoms with E-state index in [1.807, 2.05) is 0 Å². The minimum atomic E-state index is -0.806. The molecule has 0 aromatic carbocycles. The summed E-state index contributed by atoms with van der Waals surface area (Å²) in [6, 6.07) is 0. The fourth-order valence-corrected chi connectivity index (χ4v) is 0. The number of hydrogen-bond acceptors (Lipinski definition) is 1. The molecule has 0 fully saturated rings. The van der Waals surface area contributed by atoms with Crippen LogP contribution in [0, 0.1) is 0 Å². The largest absolute Gasteiger partial charge is 1.00 e. The number of rotatable bonds is 0. The Hall–Kier alpha value is 1.00. The summed E-state index contributed by atoms with van der Waals surface area (Å²) in [5.74, 6) is 0. The van der Waals surface area contributed by atoms with Crippen molar-refractivity contribution >= 4 is 21.1 Å². The van der Waals surface area contributed by atoms with Crippen molar-refractivity contribution in [3.05, 3.63) is 0 Å². The van der Waals surface area contributed by atoms with Gasteiger partial charge in [-0.15, -0.1) is 0 Å². The van der Waals surface area contributed by atoms with E-state index in [-0.39, 0.29) is 31.0 Å². The topological polar surface area (TPSA) is 37.3 Å². The fraction of sp³-hybridized carbons (Fsp3) is 0. The molecule has 0 bridgehead atoms. The van der Waals surface area contributed by atoms with Gasteiger partial charge in [-0.1, -0.05) is 0 Å². The van der Waals surface area contributed by atoms with E-state index in [0.717, 1.165) is 16.3 Å². The average Bonchev–Trinajstić information content (AvgIpc) is 0.811. The van der Waals surface area contributed by atoms with Crippen LogP contribution in [-0.4, -0.2) is 26.2 Å². The van der Waals surface area contributed by atoms with Crippen LogP contribution in [0.15, 0.2) is 0 Å². The first-order valence-electron chi connectivity index (χ1n) is 0.781. The van der Waals surface area contributed by atoms with Crippen molar-refractivity contribution in [2.75, 3.05) is 0 Å². The summed E-state index contributed by atoms with van der Waals surface area (Å²) in [5.41, 5.74) is 0. The molecule has 0 rings (SSSR count). The van der Waals surface area contributed by atoms with Crippen LogP contribution in [0.4, 0.5) is 4.79 Å². The van der Waals surface area contributed by atoms with Gasteiger partial charge in [0.15, 0.2) is 4.83 Å². The second-order valence-electron chi connectivity index (χ2n) is 0.394. The van der Waals surface area contributed by atoms with Crippen LogP contribution in [-0.2, 0) is 0 Å². The zero-order valence-corrected chi connectivity index (χ0v) is 6.48. The molecular formula is CH3AlNaO2. The van der Waals surface area contributed by atoms with Crippen molar-refractivity contribution in [1.29, 1.82) is 0 Å². The molecule has 0 saturated carbocycles. The summed E-state index contributed by atoms with van der Waals surface area (Å²) < 4.78 is 0. The van der Waals surface area contributed by atoms with E-state index in [1.165, 1.54) is 0 Å². The van der Waals surface area contributed by atoms with Crippen molar-refractivity contribution in [2.24, 2.45) is 0 Å². The van der Waals surface area contributed by atoms with Gasteiger partial charge in [0.05, 0.1) is 0 Å². The van der Waals surface area contributed by atoms with Crippen molar-refractivity contribution in [2.45, 2.75) is 0 Å². The van der Waals surface area contributed by atoms with Crippen LogP contribution < -0.4 is 29.6 Å². The van der Waals surface area contributed by atoms with Gasteiger partial charge in [0, 0.05) is 0 Å². The first-order valence-corrected chi connectivity index (χ1v) is 1.49. The number of hydrogen-bond donors (Lipinski definition) is 1. The Bertz CT molecular complexity index is 36.5. The molecule has 2 nitrogen and oxygen atoms in total. The van der Waals surface area contributed by atoms with Gasteiger partial charge in [0.1, 0.15) is 0 Å². The van der Waals surface area contributed by atoms with Crippen molar-refractivity contribution in [3.63, 3.8) is 0 Å². The Balaban J connectivity index is -0.0000000450. The van der Waals surface area contributed by atoms with E-state index in [4.69, 9.17) is 9.90 Å². The Morgan fingerprint density at radius 3 is 2.00 bits per heavy atom. The van der Waals surface area contributed by atoms with E-state index < -0.39 is 4.83 Å². The van der Waals surface area contributed by atoms with Crippen molar-refractivity contribution in [1.82, 2.24) is 0 Å². The maximum atomic E-state index is 9.01. The molecule has 0 aliphatic heterocycles. The van der Waals surface area contributed by atoms with Gasteiger partial charge >= 0.3 is 45.8 Å². The van der Waals surface area contributed by atoms with Crippen molar-refractivity contribution < 1.29 is 40.9 Å². The smallest absolute Gasteiger partial charge is 1.00 e. The maximum absolute atomic E-state index is 9.01. The van der Waals surface area contributed by atoms with Gasteiger partial charge in [-0.2, -0.15) is 0 Å². The van der Waals surface area contributed by atoms with Gasteiger partial charge in [-0.05, 0) is 0 Å². The summed E-state index contributed by atoms with van der Waals surface area (Å²) in [6.45, 7) is 0. The van der Waals surface area contributed by atoms with Crippen molar-refractivity contribution in [3.8, 4) is 0 Å². The van der Waals surface area contributed by atoms with Crippen LogP contribution in [0.25, 0.3) is 0 Å². The molecule has 1 radical (unpaired) electrons. The van der Waals surface area contributed by atoms with Crippen LogP contribution in [0.5, 0.6) is 0 Å². The minimum absolute atomic E-state index is 0. The molecule has 4 heteroatoms. The van der Waals surface area contributed by atoms with E-state index in [9.17, 15) is 0 Å². The van der Waals surface area contributed by atoms with Crippen LogP contribution in [0.3, 0.4) is 0 Å². The molecule has 0 aliphatic carbocycles.